The molecule has 9 heteroatoms. The van der Waals surface area contributed by atoms with Crippen LogP contribution in [0.15, 0.2) is 34.5 Å². The molecule has 2 aromatic rings. The predicted molar refractivity (Wildman–Crippen MR) is 84.5 cm³/mol. The highest BCUT2D eigenvalue weighted by molar-refractivity contribution is 7.89. The number of nitrogens with one attached hydrogen (secondary N) is 1. The Balaban J connectivity index is 2.23. The van der Waals surface area contributed by atoms with Crippen molar-refractivity contribution in [2.45, 2.75) is 11.3 Å². The Labute approximate surface area is 135 Å². The molecular weight excluding hydrogens is 355 g/mol. The number of primary sulfonamides is 1. The van der Waals surface area contributed by atoms with Crippen LogP contribution in [-0.2, 0) is 21.2 Å². The third-order valence-electron chi connectivity index (χ3n) is 2.52. The van der Waals surface area contributed by atoms with Crippen molar-refractivity contribution in [2.24, 2.45) is 5.14 Å². The van der Waals surface area contributed by atoms with Crippen LogP contribution >= 0.6 is 34.5 Å². The van der Waals surface area contributed by atoms with Crippen LogP contribution in [0.4, 0.5) is 5.69 Å². The highest BCUT2D eigenvalue weighted by atomic mass is 35.5. The Bertz CT molecular complexity index is 751. The third-order valence-corrected chi connectivity index (χ3v) is 4.89. The van der Waals surface area contributed by atoms with Gasteiger partial charge in [-0.1, -0.05) is 29.3 Å². The first-order chi connectivity index (χ1) is 9.77. The maximum Gasteiger partial charge on any atom is 0.238 e. The fraction of sp³-hybridized carbons (Fsp3) is 0.0833. The number of rotatable bonds is 4. The maximum absolute atomic E-state index is 11.9. The Hall–Kier alpha value is -1.12. The molecule has 0 unspecified atom stereocenters. The molecule has 1 amide bonds. The van der Waals surface area contributed by atoms with Crippen molar-refractivity contribution in [1.82, 2.24) is 0 Å². The second-order valence-corrected chi connectivity index (χ2v) is 7.52. The summed E-state index contributed by atoms with van der Waals surface area (Å²) < 4.78 is 22.5. The summed E-state index contributed by atoms with van der Waals surface area (Å²) in [5, 5.41) is 9.44. The molecule has 112 valence electrons. The minimum Gasteiger partial charge on any atom is -0.323 e. The zero-order valence-corrected chi connectivity index (χ0v) is 13.6. The first kappa shape index (κ1) is 16.3. The highest BCUT2D eigenvalue weighted by Crippen LogP contribution is 2.33. The van der Waals surface area contributed by atoms with Crippen LogP contribution in [-0.4, -0.2) is 14.3 Å². The molecule has 3 N–H and O–H groups in total. The topological polar surface area (TPSA) is 89.3 Å². The lowest BCUT2D eigenvalue weighted by atomic mass is 10.3. The van der Waals surface area contributed by atoms with Crippen molar-refractivity contribution in [3.63, 3.8) is 0 Å². The lowest BCUT2D eigenvalue weighted by molar-refractivity contribution is -0.115. The van der Waals surface area contributed by atoms with Gasteiger partial charge in [0.05, 0.1) is 27.0 Å². The van der Waals surface area contributed by atoms with Crippen molar-refractivity contribution in [2.75, 3.05) is 5.32 Å². The molecule has 21 heavy (non-hydrogen) atoms. The van der Waals surface area contributed by atoms with E-state index in [4.69, 9.17) is 28.3 Å². The van der Waals surface area contributed by atoms with Crippen LogP contribution in [0.5, 0.6) is 0 Å². The maximum atomic E-state index is 11.9. The number of nitrogens with two attached hydrogens (primary N) is 1. The standard InChI is InChI=1S/C12H10Cl2N2O3S2/c13-9-5-8(21(15,18)19)6-10(14)12(9)16-11(17)4-7-2-1-3-20-7/h1-3,5-6H,4H2,(H,16,17)(H2,15,18,19). The van der Waals surface area contributed by atoms with E-state index < -0.39 is 10.0 Å². The molecule has 1 aromatic heterocycles. The summed E-state index contributed by atoms with van der Waals surface area (Å²) in [6.07, 6.45) is 0.182. The van der Waals surface area contributed by atoms with Gasteiger partial charge in [-0.05, 0) is 23.6 Å². The van der Waals surface area contributed by atoms with Gasteiger partial charge in [-0.3, -0.25) is 4.79 Å². The van der Waals surface area contributed by atoms with Gasteiger partial charge in [0.25, 0.3) is 0 Å². The summed E-state index contributed by atoms with van der Waals surface area (Å²) in [6.45, 7) is 0. The lowest BCUT2D eigenvalue weighted by Gasteiger charge is -2.10. The van der Waals surface area contributed by atoms with Crippen LogP contribution < -0.4 is 10.5 Å². The van der Waals surface area contributed by atoms with Crippen molar-refractivity contribution < 1.29 is 13.2 Å². The smallest absolute Gasteiger partial charge is 0.238 e. The van der Waals surface area contributed by atoms with Crippen molar-refractivity contribution in [3.05, 3.63) is 44.6 Å². The minimum absolute atomic E-state index is 0.00561. The molecule has 0 fully saturated rings. The first-order valence-corrected chi connectivity index (χ1v) is 8.79. The summed E-state index contributed by atoms with van der Waals surface area (Å²) in [7, 11) is -3.91. The lowest BCUT2D eigenvalue weighted by Crippen LogP contribution is -2.16. The van der Waals surface area contributed by atoms with Gasteiger partial charge in [0.1, 0.15) is 0 Å². The van der Waals surface area contributed by atoms with Gasteiger partial charge in [0.2, 0.25) is 15.9 Å². The number of thiophene rings is 1. The molecule has 1 heterocycles. The molecule has 0 spiro atoms. The SMILES string of the molecule is NS(=O)(=O)c1cc(Cl)c(NC(=O)Cc2cccs2)c(Cl)c1. The second-order valence-electron chi connectivity index (χ2n) is 4.11. The van der Waals surface area contributed by atoms with E-state index in [-0.39, 0.29) is 33.0 Å². The van der Waals surface area contributed by atoms with Gasteiger partial charge in [0, 0.05) is 4.88 Å². The first-order valence-electron chi connectivity index (χ1n) is 5.61. The van der Waals surface area contributed by atoms with Crippen molar-refractivity contribution >= 4 is 56.2 Å². The minimum atomic E-state index is -3.91. The fourth-order valence-electron chi connectivity index (χ4n) is 1.59. The fourth-order valence-corrected chi connectivity index (χ4v) is 3.57. The average Bonchev–Trinajstić information content (AvgIpc) is 2.85. The summed E-state index contributed by atoms with van der Waals surface area (Å²) in [6, 6.07) is 5.96. The average molecular weight is 365 g/mol. The van der Waals surface area contributed by atoms with E-state index in [1.54, 1.807) is 0 Å². The Morgan fingerprint density at radius 2 is 1.90 bits per heavy atom. The van der Waals surface area contributed by atoms with Gasteiger partial charge in [-0.2, -0.15) is 0 Å². The Morgan fingerprint density at radius 1 is 1.29 bits per heavy atom. The number of sulfonamides is 1. The van der Waals surface area contributed by atoms with E-state index in [0.29, 0.717) is 0 Å². The Kier molecular flexibility index (Phi) is 4.90. The molecule has 0 saturated heterocycles. The Morgan fingerprint density at radius 3 is 2.38 bits per heavy atom. The van der Waals surface area contributed by atoms with E-state index in [9.17, 15) is 13.2 Å². The number of benzene rings is 1. The quantitative estimate of drug-likeness (QED) is 0.873. The van der Waals surface area contributed by atoms with Crippen LogP contribution in [0, 0.1) is 0 Å². The number of carbonyl (C=O) groups excluding carboxylic acids is 1. The van der Waals surface area contributed by atoms with Crippen LogP contribution in [0.2, 0.25) is 10.0 Å². The molecule has 5 nitrogen and oxygen atoms in total. The van der Waals surface area contributed by atoms with Gasteiger partial charge < -0.3 is 5.32 Å². The molecule has 0 aliphatic heterocycles. The monoisotopic (exact) mass is 364 g/mol. The van der Waals surface area contributed by atoms with E-state index in [1.807, 2.05) is 17.5 Å². The number of carbonyl (C=O) groups is 1. The summed E-state index contributed by atoms with van der Waals surface area (Å²) in [4.78, 5) is 12.6. The van der Waals surface area contributed by atoms with Gasteiger partial charge >= 0.3 is 0 Å². The molecule has 0 bridgehead atoms. The van der Waals surface area contributed by atoms with Crippen LogP contribution in [0.1, 0.15) is 4.88 Å². The zero-order valence-electron chi connectivity index (χ0n) is 10.5. The summed E-state index contributed by atoms with van der Waals surface area (Å²) in [5.74, 6) is -0.301. The zero-order chi connectivity index (χ0) is 15.6. The molecule has 0 radical (unpaired) electrons. The molecule has 0 aliphatic carbocycles. The van der Waals surface area contributed by atoms with Gasteiger partial charge in [0.15, 0.2) is 0 Å². The molecule has 0 aliphatic rings. The van der Waals surface area contributed by atoms with E-state index in [0.717, 1.165) is 17.0 Å². The van der Waals surface area contributed by atoms with Crippen LogP contribution in [0.25, 0.3) is 0 Å². The molecule has 2 rings (SSSR count). The third kappa shape index (κ3) is 4.18. The highest BCUT2D eigenvalue weighted by Gasteiger charge is 2.16. The molecular formula is C12H10Cl2N2O3S2. The van der Waals surface area contributed by atoms with Gasteiger partial charge in [-0.15, -0.1) is 11.3 Å². The molecule has 0 atom stereocenters. The number of hydrogen-bond donors (Lipinski definition) is 2. The number of amides is 1. The molecule has 1 aromatic carbocycles. The summed E-state index contributed by atoms with van der Waals surface area (Å²) in [5.41, 5.74) is 0.160. The second kappa shape index (κ2) is 6.33. The normalized spacial score (nSPS) is 11.4. The van der Waals surface area contributed by atoms with Crippen molar-refractivity contribution in [1.29, 1.82) is 0 Å². The van der Waals surface area contributed by atoms with E-state index >= 15 is 0 Å². The number of hydrogen-bond acceptors (Lipinski definition) is 4. The summed E-state index contributed by atoms with van der Waals surface area (Å²) >= 11 is 13.4. The molecule has 0 saturated carbocycles. The van der Waals surface area contributed by atoms with Gasteiger partial charge in [-0.25, -0.2) is 13.6 Å². The number of anilines is 1. The predicted octanol–water partition coefficient (Wildman–Crippen LogP) is 2.88. The van der Waals surface area contributed by atoms with E-state index in [2.05, 4.69) is 5.32 Å². The van der Waals surface area contributed by atoms with Crippen LogP contribution in [0.3, 0.4) is 0 Å². The van der Waals surface area contributed by atoms with Crippen molar-refractivity contribution in [3.8, 4) is 0 Å². The largest absolute Gasteiger partial charge is 0.323 e. The van der Waals surface area contributed by atoms with E-state index in [1.165, 1.54) is 11.3 Å². The number of halogens is 2.